The van der Waals surface area contributed by atoms with Crippen LogP contribution in [0, 0.1) is 15.9 Å². The highest BCUT2D eigenvalue weighted by Crippen LogP contribution is 2.30. The van der Waals surface area contributed by atoms with E-state index in [-0.39, 0.29) is 17.3 Å². The largest absolute Gasteiger partial charge is 0.487 e. The van der Waals surface area contributed by atoms with E-state index in [1.165, 1.54) is 18.2 Å². The van der Waals surface area contributed by atoms with Gasteiger partial charge in [-0.15, -0.1) is 0 Å². The van der Waals surface area contributed by atoms with Gasteiger partial charge in [0.25, 0.3) is 0 Å². The van der Waals surface area contributed by atoms with Crippen molar-refractivity contribution in [1.29, 1.82) is 0 Å². The number of anilines is 1. The van der Waals surface area contributed by atoms with Crippen molar-refractivity contribution < 1.29 is 14.1 Å². The molecule has 2 aromatic carbocycles. The molecule has 0 unspecified atom stereocenters. The molecule has 8 heteroatoms. The second-order valence-electron chi connectivity index (χ2n) is 5.39. The molecule has 0 fully saturated rings. The van der Waals surface area contributed by atoms with Crippen molar-refractivity contribution in [3.05, 3.63) is 58.2 Å². The van der Waals surface area contributed by atoms with Crippen molar-refractivity contribution in [2.45, 2.75) is 13.3 Å². The first-order chi connectivity index (χ1) is 12.1. The number of fused-ring (bicyclic) bond motifs is 1. The summed E-state index contributed by atoms with van der Waals surface area (Å²) in [5.74, 6) is 0.659. The number of nitrogens with zero attached hydrogens (tertiary/aromatic N) is 2. The number of nitro benzene ring substituents is 1. The van der Waals surface area contributed by atoms with Gasteiger partial charge in [-0.05, 0) is 31.2 Å². The minimum Gasteiger partial charge on any atom is -0.487 e. The number of halogens is 1. The second-order valence-corrected chi connectivity index (χ2v) is 5.39. The summed E-state index contributed by atoms with van der Waals surface area (Å²) < 4.78 is 18.5. The van der Waals surface area contributed by atoms with Crippen LogP contribution in [-0.2, 0) is 6.42 Å². The molecule has 0 saturated heterocycles. The number of nitrogens with one attached hydrogen (secondary N) is 2. The molecule has 0 atom stereocenters. The number of aromatic nitrogens is 2. The summed E-state index contributed by atoms with van der Waals surface area (Å²) in [7, 11) is 0. The van der Waals surface area contributed by atoms with E-state index in [1.807, 2.05) is 0 Å². The average molecular weight is 344 g/mol. The lowest BCUT2D eigenvalue weighted by Gasteiger charge is -2.09. The van der Waals surface area contributed by atoms with Gasteiger partial charge in [-0.3, -0.25) is 10.1 Å². The summed E-state index contributed by atoms with van der Waals surface area (Å²) in [6, 6.07) is 9.06. The van der Waals surface area contributed by atoms with Gasteiger partial charge in [0.15, 0.2) is 5.75 Å². The van der Waals surface area contributed by atoms with Gasteiger partial charge >= 0.3 is 5.69 Å². The number of ether oxygens (including phenoxy) is 1. The zero-order valence-electron chi connectivity index (χ0n) is 13.6. The standard InChI is InChI=1S/C17H17FN4O3/c1-2-25-16-10-12(4-6-15(16)22(23)24)19-8-7-17-20-13-5-3-11(18)9-14(13)21-17/h3-6,9-10,19H,2,7-8H2,1H3,(H,20,21). The molecule has 1 heterocycles. The van der Waals surface area contributed by atoms with Gasteiger partial charge in [0, 0.05) is 30.8 Å². The number of imidazole rings is 1. The zero-order chi connectivity index (χ0) is 17.8. The van der Waals surface area contributed by atoms with Crippen LogP contribution in [0.3, 0.4) is 0 Å². The summed E-state index contributed by atoms with van der Waals surface area (Å²) in [4.78, 5) is 18.0. The van der Waals surface area contributed by atoms with E-state index in [9.17, 15) is 14.5 Å². The van der Waals surface area contributed by atoms with Gasteiger partial charge < -0.3 is 15.0 Å². The number of H-pyrrole nitrogens is 1. The second kappa shape index (κ2) is 7.16. The van der Waals surface area contributed by atoms with E-state index in [2.05, 4.69) is 15.3 Å². The first-order valence-electron chi connectivity index (χ1n) is 7.86. The SMILES string of the molecule is CCOc1cc(NCCc2nc3ccc(F)cc3[nH]2)ccc1[N+](=O)[O-]. The predicted molar refractivity (Wildman–Crippen MR) is 92.5 cm³/mol. The van der Waals surface area contributed by atoms with Crippen LogP contribution in [0.25, 0.3) is 11.0 Å². The van der Waals surface area contributed by atoms with E-state index >= 15 is 0 Å². The molecule has 0 bridgehead atoms. The maximum Gasteiger partial charge on any atom is 0.311 e. The third-order valence-electron chi connectivity index (χ3n) is 3.64. The molecule has 0 amide bonds. The normalized spacial score (nSPS) is 10.8. The van der Waals surface area contributed by atoms with Crippen LogP contribution >= 0.6 is 0 Å². The maximum absolute atomic E-state index is 13.2. The predicted octanol–water partition coefficient (Wildman–Crippen LogP) is 3.66. The lowest BCUT2D eigenvalue weighted by molar-refractivity contribution is -0.385. The topological polar surface area (TPSA) is 93.1 Å². The third kappa shape index (κ3) is 3.85. The minimum absolute atomic E-state index is 0.0632. The first kappa shape index (κ1) is 16.7. The molecular formula is C17H17FN4O3. The molecule has 0 aliphatic carbocycles. The summed E-state index contributed by atoms with van der Waals surface area (Å²) in [6.45, 7) is 2.68. The summed E-state index contributed by atoms with van der Waals surface area (Å²) in [6.07, 6.45) is 0.594. The van der Waals surface area contributed by atoms with Crippen molar-refractivity contribution in [3.8, 4) is 5.75 Å². The Bertz CT molecular complexity index is 910. The summed E-state index contributed by atoms with van der Waals surface area (Å²) >= 11 is 0. The Hall–Kier alpha value is -3.16. The third-order valence-corrected chi connectivity index (χ3v) is 3.64. The number of nitro groups is 1. The highest BCUT2D eigenvalue weighted by Gasteiger charge is 2.15. The number of benzene rings is 2. The van der Waals surface area contributed by atoms with Crippen LogP contribution in [0.4, 0.5) is 15.8 Å². The Morgan fingerprint density at radius 2 is 2.16 bits per heavy atom. The molecule has 0 aliphatic heterocycles. The van der Waals surface area contributed by atoms with Crippen molar-refractivity contribution in [1.82, 2.24) is 9.97 Å². The fraction of sp³-hybridized carbons (Fsp3) is 0.235. The molecule has 0 spiro atoms. The number of hydrogen-bond acceptors (Lipinski definition) is 5. The molecule has 130 valence electrons. The smallest absolute Gasteiger partial charge is 0.311 e. The number of aromatic amines is 1. The molecule has 3 aromatic rings. The Morgan fingerprint density at radius 1 is 1.32 bits per heavy atom. The van der Waals surface area contributed by atoms with Crippen LogP contribution < -0.4 is 10.1 Å². The Labute approximate surface area is 143 Å². The first-order valence-corrected chi connectivity index (χ1v) is 7.86. The lowest BCUT2D eigenvalue weighted by Crippen LogP contribution is -2.06. The summed E-state index contributed by atoms with van der Waals surface area (Å²) in [5.41, 5.74) is 2.03. The fourth-order valence-corrected chi connectivity index (χ4v) is 2.52. The Morgan fingerprint density at radius 3 is 2.92 bits per heavy atom. The van der Waals surface area contributed by atoms with E-state index in [0.29, 0.717) is 30.6 Å². The van der Waals surface area contributed by atoms with E-state index in [4.69, 9.17) is 4.74 Å². The average Bonchev–Trinajstić information content (AvgIpc) is 2.97. The van der Waals surface area contributed by atoms with E-state index in [0.717, 1.165) is 11.5 Å². The van der Waals surface area contributed by atoms with Crippen LogP contribution in [0.5, 0.6) is 5.75 Å². The van der Waals surface area contributed by atoms with Gasteiger partial charge in [0.1, 0.15) is 11.6 Å². The highest BCUT2D eigenvalue weighted by atomic mass is 19.1. The van der Waals surface area contributed by atoms with Crippen molar-refractivity contribution in [2.24, 2.45) is 0 Å². The van der Waals surface area contributed by atoms with Crippen LogP contribution in [0.2, 0.25) is 0 Å². The molecule has 7 nitrogen and oxygen atoms in total. The summed E-state index contributed by atoms with van der Waals surface area (Å²) in [5, 5.41) is 14.2. The monoisotopic (exact) mass is 344 g/mol. The molecule has 3 rings (SSSR count). The molecule has 1 aromatic heterocycles. The highest BCUT2D eigenvalue weighted by molar-refractivity contribution is 5.74. The van der Waals surface area contributed by atoms with Gasteiger partial charge in [0.2, 0.25) is 0 Å². The van der Waals surface area contributed by atoms with Gasteiger partial charge in [-0.2, -0.15) is 0 Å². The van der Waals surface area contributed by atoms with Gasteiger partial charge in [-0.1, -0.05) is 0 Å². The van der Waals surface area contributed by atoms with E-state index in [1.54, 1.807) is 25.1 Å². The molecular weight excluding hydrogens is 327 g/mol. The van der Waals surface area contributed by atoms with Crippen molar-refractivity contribution in [3.63, 3.8) is 0 Å². The quantitative estimate of drug-likeness (QED) is 0.504. The molecule has 0 saturated carbocycles. The number of rotatable bonds is 7. The zero-order valence-corrected chi connectivity index (χ0v) is 13.6. The lowest BCUT2D eigenvalue weighted by atomic mass is 10.2. The minimum atomic E-state index is -0.470. The van der Waals surface area contributed by atoms with Gasteiger partial charge in [0.05, 0.1) is 22.6 Å². The Kier molecular flexibility index (Phi) is 4.78. The maximum atomic E-state index is 13.2. The fourth-order valence-electron chi connectivity index (χ4n) is 2.52. The number of hydrogen-bond donors (Lipinski definition) is 2. The molecule has 2 N–H and O–H groups in total. The van der Waals surface area contributed by atoms with Crippen LogP contribution in [-0.4, -0.2) is 28.0 Å². The van der Waals surface area contributed by atoms with Crippen molar-refractivity contribution >= 4 is 22.4 Å². The van der Waals surface area contributed by atoms with E-state index < -0.39 is 4.92 Å². The van der Waals surface area contributed by atoms with Crippen LogP contribution in [0.1, 0.15) is 12.7 Å². The Balaban J connectivity index is 1.66. The molecule has 0 aliphatic rings. The van der Waals surface area contributed by atoms with Gasteiger partial charge in [-0.25, -0.2) is 9.37 Å². The van der Waals surface area contributed by atoms with Crippen molar-refractivity contribution in [2.75, 3.05) is 18.5 Å². The molecule has 0 radical (unpaired) electrons. The van der Waals surface area contributed by atoms with Crippen LogP contribution in [0.15, 0.2) is 36.4 Å². The molecule has 25 heavy (non-hydrogen) atoms.